The van der Waals surface area contributed by atoms with E-state index in [1.165, 1.54) is 10.6 Å². The van der Waals surface area contributed by atoms with Crippen molar-refractivity contribution >= 4 is 16.5 Å². The predicted molar refractivity (Wildman–Crippen MR) is 81.3 cm³/mol. The van der Waals surface area contributed by atoms with Crippen molar-refractivity contribution in [2.75, 3.05) is 11.4 Å². The van der Waals surface area contributed by atoms with Gasteiger partial charge in [0.2, 0.25) is 0 Å². The van der Waals surface area contributed by atoms with E-state index in [-0.39, 0.29) is 0 Å². The molecule has 18 heavy (non-hydrogen) atoms. The number of nitrogens with two attached hydrogens (primary N) is 1. The Bertz CT molecular complexity index is 358. The first-order valence-corrected chi connectivity index (χ1v) is 7.76. The quantitative estimate of drug-likeness (QED) is 0.824. The van der Waals surface area contributed by atoms with Gasteiger partial charge in [0.05, 0.1) is 5.69 Å². The molecule has 0 radical (unpaired) electrons. The van der Waals surface area contributed by atoms with Crippen molar-refractivity contribution < 1.29 is 0 Å². The molecule has 1 aromatic rings. The Morgan fingerprint density at radius 1 is 1.28 bits per heavy atom. The summed E-state index contributed by atoms with van der Waals surface area (Å²) in [6.45, 7) is 12.8. The van der Waals surface area contributed by atoms with Gasteiger partial charge in [0.1, 0.15) is 0 Å². The Labute approximate surface area is 115 Å². The molecule has 104 valence electrons. The molecule has 0 aliphatic heterocycles. The number of aryl methyl sites for hydroxylation is 1. The molecular formula is C14H27N3S. The monoisotopic (exact) mass is 269 g/mol. The average Bonchev–Trinajstić information content (AvgIpc) is 2.69. The van der Waals surface area contributed by atoms with Crippen LogP contribution in [-0.2, 0) is 13.0 Å². The zero-order valence-corrected chi connectivity index (χ0v) is 13.2. The van der Waals surface area contributed by atoms with Crippen LogP contribution in [0.3, 0.4) is 0 Å². The van der Waals surface area contributed by atoms with Crippen LogP contribution in [0, 0.1) is 5.92 Å². The number of nitrogens with zero attached hydrogens (tertiary/aromatic N) is 2. The summed E-state index contributed by atoms with van der Waals surface area (Å²) in [7, 11) is 0. The van der Waals surface area contributed by atoms with Gasteiger partial charge in [-0.15, -0.1) is 11.3 Å². The number of hydrogen-bond acceptors (Lipinski definition) is 4. The lowest BCUT2D eigenvalue weighted by atomic mass is 10.2. The molecule has 4 heteroatoms. The molecule has 0 atom stereocenters. The minimum Gasteiger partial charge on any atom is -0.345 e. The number of anilines is 1. The van der Waals surface area contributed by atoms with Crippen LogP contribution in [0.1, 0.15) is 51.6 Å². The lowest BCUT2D eigenvalue weighted by Crippen LogP contribution is -2.34. The van der Waals surface area contributed by atoms with E-state index >= 15 is 0 Å². The van der Waals surface area contributed by atoms with Gasteiger partial charge in [0, 0.05) is 24.0 Å². The number of hydrogen-bond donors (Lipinski definition) is 1. The van der Waals surface area contributed by atoms with E-state index in [1.807, 2.05) is 0 Å². The number of aromatic nitrogens is 1. The summed E-state index contributed by atoms with van der Waals surface area (Å²) in [6.07, 6.45) is 2.17. The third-order valence-corrected chi connectivity index (χ3v) is 4.03. The second-order valence-corrected chi connectivity index (χ2v) is 6.52. The van der Waals surface area contributed by atoms with Gasteiger partial charge in [-0.1, -0.05) is 27.2 Å². The molecule has 0 aliphatic carbocycles. The first kappa shape index (κ1) is 15.4. The van der Waals surface area contributed by atoms with Crippen LogP contribution in [0.25, 0.3) is 0 Å². The Hall–Kier alpha value is -0.610. The Kier molecular flexibility index (Phi) is 6.09. The summed E-state index contributed by atoms with van der Waals surface area (Å²) in [6, 6.07) is 0.485. The fourth-order valence-electron chi connectivity index (χ4n) is 1.99. The Morgan fingerprint density at radius 3 is 2.39 bits per heavy atom. The predicted octanol–water partition coefficient (Wildman–Crippen LogP) is 3.43. The van der Waals surface area contributed by atoms with Gasteiger partial charge >= 0.3 is 0 Å². The molecule has 0 amide bonds. The van der Waals surface area contributed by atoms with Crippen molar-refractivity contribution in [3.05, 3.63) is 10.6 Å². The van der Waals surface area contributed by atoms with Crippen LogP contribution in [-0.4, -0.2) is 17.6 Å². The zero-order chi connectivity index (χ0) is 13.7. The zero-order valence-electron chi connectivity index (χ0n) is 12.4. The van der Waals surface area contributed by atoms with Crippen molar-refractivity contribution in [1.29, 1.82) is 0 Å². The minimum absolute atomic E-state index is 0.485. The SMILES string of the molecule is CCCc1nc(N(CC(C)C)C(C)C)sc1CN. The van der Waals surface area contributed by atoms with Crippen molar-refractivity contribution in [2.45, 2.75) is 60.0 Å². The largest absolute Gasteiger partial charge is 0.345 e. The van der Waals surface area contributed by atoms with Crippen molar-refractivity contribution in [1.82, 2.24) is 4.98 Å². The van der Waals surface area contributed by atoms with Gasteiger partial charge in [0.25, 0.3) is 0 Å². The minimum atomic E-state index is 0.485. The summed E-state index contributed by atoms with van der Waals surface area (Å²) >= 11 is 1.77. The van der Waals surface area contributed by atoms with Crippen LogP contribution in [0.15, 0.2) is 0 Å². The second kappa shape index (κ2) is 7.10. The van der Waals surface area contributed by atoms with Gasteiger partial charge < -0.3 is 10.6 Å². The highest BCUT2D eigenvalue weighted by atomic mass is 32.1. The highest BCUT2D eigenvalue weighted by Crippen LogP contribution is 2.29. The van der Waals surface area contributed by atoms with E-state index in [4.69, 9.17) is 10.7 Å². The summed E-state index contributed by atoms with van der Waals surface area (Å²) in [5.74, 6) is 0.646. The van der Waals surface area contributed by atoms with E-state index in [0.717, 1.165) is 24.5 Å². The Balaban J connectivity index is 2.97. The molecule has 0 spiro atoms. The summed E-state index contributed by atoms with van der Waals surface area (Å²) in [4.78, 5) is 8.46. The highest BCUT2D eigenvalue weighted by Gasteiger charge is 2.18. The van der Waals surface area contributed by atoms with Crippen LogP contribution in [0.4, 0.5) is 5.13 Å². The van der Waals surface area contributed by atoms with E-state index in [0.29, 0.717) is 18.5 Å². The number of rotatable bonds is 7. The third-order valence-electron chi connectivity index (χ3n) is 2.87. The van der Waals surface area contributed by atoms with Gasteiger partial charge in [-0.25, -0.2) is 4.98 Å². The van der Waals surface area contributed by atoms with Gasteiger partial charge in [-0.2, -0.15) is 0 Å². The molecule has 1 rings (SSSR count). The molecule has 0 saturated carbocycles. The fraction of sp³-hybridized carbons (Fsp3) is 0.786. The molecule has 0 aromatic carbocycles. The molecule has 3 nitrogen and oxygen atoms in total. The second-order valence-electron chi connectivity index (χ2n) is 5.46. The first-order chi connectivity index (χ1) is 8.49. The maximum atomic E-state index is 5.82. The maximum Gasteiger partial charge on any atom is 0.186 e. The van der Waals surface area contributed by atoms with Gasteiger partial charge in [-0.05, 0) is 26.2 Å². The molecule has 0 bridgehead atoms. The molecule has 1 heterocycles. The normalized spacial score (nSPS) is 11.6. The number of thiazole rings is 1. The highest BCUT2D eigenvalue weighted by molar-refractivity contribution is 7.15. The molecule has 1 aromatic heterocycles. The molecule has 0 saturated heterocycles. The standard InChI is InChI=1S/C14H27N3S/c1-6-7-12-13(8-15)18-14(16-12)17(11(4)5)9-10(2)3/h10-11H,6-9,15H2,1-5H3. The molecule has 0 unspecified atom stereocenters. The van der Waals surface area contributed by atoms with Crippen molar-refractivity contribution in [3.8, 4) is 0 Å². The van der Waals surface area contributed by atoms with Gasteiger partial charge in [-0.3, -0.25) is 0 Å². The molecule has 2 N–H and O–H groups in total. The Morgan fingerprint density at radius 2 is 1.94 bits per heavy atom. The van der Waals surface area contributed by atoms with Gasteiger partial charge in [0.15, 0.2) is 5.13 Å². The summed E-state index contributed by atoms with van der Waals surface area (Å²) < 4.78 is 0. The van der Waals surface area contributed by atoms with E-state index in [9.17, 15) is 0 Å². The van der Waals surface area contributed by atoms with Crippen LogP contribution >= 0.6 is 11.3 Å². The van der Waals surface area contributed by atoms with E-state index in [2.05, 4.69) is 39.5 Å². The lowest BCUT2D eigenvalue weighted by molar-refractivity contribution is 0.569. The van der Waals surface area contributed by atoms with Crippen molar-refractivity contribution in [3.63, 3.8) is 0 Å². The van der Waals surface area contributed by atoms with Crippen LogP contribution in [0.5, 0.6) is 0 Å². The maximum absolute atomic E-state index is 5.82. The summed E-state index contributed by atoms with van der Waals surface area (Å²) in [5, 5.41) is 1.14. The lowest BCUT2D eigenvalue weighted by Gasteiger charge is -2.27. The van der Waals surface area contributed by atoms with E-state index < -0.39 is 0 Å². The topological polar surface area (TPSA) is 42.2 Å². The van der Waals surface area contributed by atoms with Crippen LogP contribution in [0.2, 0.25) is 0 Å². The third kappa shape index (κ3) is 3.95. The molecule has 0 aliphatic rings. The summed E-state index contributed by atoms with van der Waals surface area (Å²) in [5.41, 5.74) is 7.03. The molecule has 0 fully saturated rings. The van der Waals surface area contributed by atoms with E-state index in [1.54, 1.807) is 11.3 Å². The molecular weight excluding hydrogens is 242 g/mol. The van der Waals surface area contributed by atoms with Crippen LogP contribution < -0.4 is 10.6 Å². The first-order valence-electron chi connectivity index (χ1n) is 6.94. The smallest absolute Gasteiger partial charge is 0.186 e. The van der Waals surface area contributed by atoms with Crippen molar-refractivity contribution in [2.24, 2.45) is 11.7 Å². The fourth-order valence-corrected chi connectivity index (χ4v) is 3.12. The average molecular weight is 269 g/mol.